The lowest BCUT2D eigenvalue weighted by atomic mass is 9.84. The highest BCUT2D eigenvalue weighted by Gasteiger charge is 2.55. The zero-order valence-electron chi connectivity index (χ0n) is 31.7. The first-order valence-electron chi connectivity index (χ1n) is 19.6. The van der Waals surface area contributed by atoms with Gasteiger partial charge >= 0.3 is 0 Å². The van der Waals surface area contributed by atoms with Gasteiger partial charge in [0.1, 0.15) is 72.9 Å². The highest BCUT2D eigenvalue weighted by molar-refractivity contribution is 5.53. The third-order valence-corrected chi connectivity index (χ3v) is 12.1. The molecule has 0 aliphatic carbocycles. The third kappa shape index (κ3) is 7.45. The molecule has 19 unspecified atom stereocenters. The lowest BCUT2D eigenvalue weighted by Crippen LogP contribution is -2.67. The molecule has 2 aromatic carbocycles. The molecule has 22 nitrogen and oxygen atoms in total. The molecule has 0 aromatic heterocycles. The van der Waals surface area contributed by atoms with E-state index in [0.717, 1.165) is 5.56 Å². The fourth-order valence-corrected chi connectivity index (χ4v) is 8.79. The van der Waals surface area contributed by atoms with Crippen molar-refractivity contribution in [3.05, 3.63) is 41.5 Å². The topological polar surface area (TPSA) is 313 Å². The van der Waals surface area contributed by atoms with Gasteiger partial charge in [-0.15, -0.1) is 0 Å². The lowest BCUT2D eigenvalue weighted by Gasteiger charge is -2.48. The van der Waals surface area contributed by atoms with Crippen LogP contribution in [0.1, 0.15) is 23.3 Å². The molecule has 0 spiro atoms. The van der Waals surface area contributed by atoms with Gasteiger partial charge in [-0.05, 0) is 23.8 Å². The molecule has 0 bridgehead atoms. The van der Waals surface area contributed by atoms with Crippen molar-refractivity contribution in [3.8, 4) is 28.7 Å². The Morgan fingerprint density at radius 1 is 0.500 bits per heavy atom. The molecule has 22 heteroatoms. The maximum Gasteiger partial charge on any atom is 0.231 e. The standard InChI is InChI=1S/C38H48O22/c39-6-22-25(42)28(45)31(48)36(56-22)59-35-30(47)27(44)24(8-41)58-38(35)60-34-29(46)26(43)23(7-40)57-37(34)55-18-5-21-20(53-12-54-21)4-14(18)33-16-10-49-32(15(16)9-50-33)13-1-2-17-19(3-13)52-11-51-17/h1-5,15-16,22-48H,6-12H2. The van der Waals surface area contributed by atoms with E-state index in [0.29, 0.717) is 41.8 Å². The SMILES string of the molecule is OCC1OC(OC2C(OC3C(Oc4cc5c(cc4C4OCC6C(c7ccc8c(c7)OCO8)OCC46)OCO5)OC(CO)C(O)C3O)OC(CO)C(O)C2O)C(O)C(O)C1O. The first-order valence-corrected chi connectivity index (χ1v) is 19.6. The first-order chi connectivity index (χ1) is 29.0. The average Bonchev–Trinajstić information content (AvgIpc) is 4.08. The number of rotatable bonds is 11. The number of benzene rings is 2. The van der Waals surface area contributed by atoms with Crippen molar-refractivity contribution in [2.75, 3.05) is 46.6 Å². The van der Waals surface area contributed by atoms with Crippen molar-refractivity contribution in [1.82, 2.24) is 0 Å². The monoisotopic (exact) mass is 856 g/mol. The van der Waals surface area contributed by atoms with Crippen LogP contribution in [0, 0.1) is 11.8 Å². The summed E-state index contributed by atoms with van der Waals surface area (Å²) >= 11 is 0. The Balaban J connectivity index is 1.00. The van der Waals surface area contributed by atoms with E-state index in [4.69, 9.17) is 56.8 Å². The maximum atomic E-state index is 11.5. The first kappa shape index (κ1) is 42.1. The van der Waals surface area contributed by atoms with E-state index in [1.807, 2.05) is 18.2 Å². The summed E-state index contributed by atoms with van der Waals surface area (Å²) in [6.45, 7) is -1.77. The summed E-state index contributed by atoms with van der Waals surface area (Å²) in [4.78, 5) is 0. The maximum absolute atomic E-state index is 11.5. The summed E-state index contributed by atoms with van der Waals surface area (Å²) < 4.78 is 70.8. The summed E-state index contributed by atoms with van der Waals surface area (Å²) in [5.41, 5.74) is 1.36. The zero-order valence-corrected chi connectivity index (χ0v) is 31.7. The quantitative estimate of drug-likeness (QED) is 0.103. The minimum Gasteiger partial charge on any atom is -0.461 e. The van der Waals surface area contributed by atoms with Gasteiger partial charge in [-0.2, -0.15) is 0 Å². The van der Waals surface area contributed by atoms with Gasteiger partial charge < -0.3 is 108 Å². The molecule has 332 valence electrons. The molecule has 9 rings (SSSR count). The van der Waals surface area contributed by atoms with Crippen LogP contribution in [-0.2, 0) is 33.2 Å². The lowest BCUT2D eigenvalue weighted by molar-refractivity contribution is -0.389. The van der Waals surface area contributed by atoms with Crippen molar-refractivity contribution < 1.29 is 108 Å². The molecule has 0 radical (unpaired) electrons. The summed E-state index contributed by atoms with van der Waals surface area (Å²) in [5.74, 6) is 1.75. The second-order valence-corrected chi connectivity index (χ2v) is 15.6. The Morgan fingerprint density at radius 3 is 1.65 bits per heavy atom. The molecule has 5 fully saturated rings. The molecule has 7 aliphatic rings. The fourth-order valence-electron chi connectivity index (χ4n) is 8.79. The molecule has 7 heterocycles. The molecule has 0 saturated carbocycles. The van der Waals surface area contributed by atoms with Gasteiger partial charge in [0.05, 0.1) is 45.2 Å². The Kier molecular flexibility index (Phi) is 12.0. The smallest absolute Gasteiger partial charge is 0.231 e. The van der Waals surface area contributed by atoms with Crippen molar-refractivity contribution in [2.24, 2.45) is 11.8 Å². The highest BCUT2D eigenvalue weighted by atomic mass is 16.8. The summed E-state index contributed by atoms with van der Waals surface area (Å²) in [6, 6.07) is 8.83. The van der Waals surface area contributed by atoms with Crippen LogP contribution in [-0.4, -0.2) is 190 Å². The molecule has 7 aliphatic heterocycles. The van der Waals surface area contributed by atoms with Gasteiger partial charge in [-0.1, -0.05) is 6.07 Å². The van der Waals surface area contributed by atoms with E-state index < -0.39 is 118 Å². The average molecular weight is 857 g/mol. The molecule has 10 N–H and O–H groups in total. The normalized spacial score (nSPS) is 43.3. The van der Waals surface area contributed by atoms with Gasteiger partial charge in [0, 0.05) is 23.5 Å². The Labute approximate surface area is 340 Å². The van der Waals surface area contributed by atoms with E-state index in [2.05, 4.69) is 0 Å². The van der Waals surface area contributed by atoms with Crippen LogP contribution in [0.5, 0.6) is 28.7 Å². The number of hydrogen-bond donors (Lipinski definition) is 10. The third-order valence-electron chi connectivity index (χ3n) is 12.1. The van der Waals surface area contributed by atoms with Crippen molar-refractivity contribution >= 4 is 0 Å². The fraction of sp³-hybridized carbons (Fsp3) is 0.684. The zero-order chi connectivity index (χ0) is 42.0. The molecule has 19 atom stereocenters. The van der Waals surface area contributed by atoms with Gasteiger partial charge in [0.15, 0.2) is 41.7 Å². The van der Waals surface area contributed by atoms with Gasteiger partial charge in [-0.3, -0.25) is 0 Å². The van der Waals surface area contributed by atoms with Crippen LogP contribution < -0.4 is 23.7 Å². The molecular weight excluding hydrogens is 808 g/mol. The van der Waals surface area contributed by atoms with Crippen LogP contribution in [0.4, 0.5) is 0 Å². The largest absolute Gasteiger partial charge is 0.461 e. The number of aliphatic hydroxyl groups is 10. The Hall–Kier alpha value is -3.24. The number of hydrogen-bond acceptors (Lipinski definition) is 22. The molecule has 60 heavy (non-hydrogen) atoms. The van der Waals surface area contributed by atoms with E-state index >= 15 is 0 Å². The number of ether oxygens (including phenoxy) is 12. The Bertz CT molecular complexity index is 1820. The van der Waals surface area contributed by atoms with Crippen molar-refractivity contribution in [1.29, 1.82) is 0 Å². The molecule has 0 amide bonds. The predicted molar refractivity (Wildman–Crippen MR) is 189 cm³/mol. The molecule has 2 aromatic rings. The van der Waals surface area contributed by atoms with Crippen LogP contribution in [0.2, 0.25) is 0 Å². The van der Waals surface area contributed by atoms with Gasteiger partial charge in [-0.25, -0.2) is 0 Å². The van der Waals surface area contributed by atoms with Crippen LogP contribution >= 0.6 is 0 Å². The second kappa shape index (κ2) is 17.1. The highest BCUT2D eigenvalue weighted by Crippen LogP contribution is 2.54. The molecule has 5 saturated heterocycles. The minimum absolute atomic E-state index is 0.0939. The van der Waals surface area contributed by atoms with E-state index in [-0.39, 0.29) is 37.3 Å². The van der Waals surface area contributed by atoms with E-state index in [1.165, 1.54) is 6.07 Å². The number of aliphatic hydroxyl groups excluding tert-OH is 10. The second-order valence-electron chi connectivity index (χ2n) is 15.6. The minimum atomic E-state index is -1.95. The Morgan fingerprint density at radius 2 is 1.00 bits per heavy atom. The van der Waals surface area contributed by atoms with E-state index in [9.17, 15) is 51.1 Å². The summed E-state index contributed by atoms with van der Waals surface area (Å²) in [7, 11) is 0. The van der Waals surface area contributed by atoms with Crippen LogP contribution in [0.25, 0.3) is 0 Å². The van der Waals surface area contributed by atoms with E-state index in [1.54, 1.807) is 6.07 Å². The predicted octanol–water partition coefficient (Wildman–Crippen LogP) is -3.95. The number of fused-ring (bicyclic) bond motifs is 3. The van der Waals surface area contributed by atoms with Crippen molar-refractivity contribution in [2.45, 2.75) is 104 Å². The van der Waals surface area contributed by atoms with Gasteiger partial charge in [0.25, 0.3) is 0 Å². The summed E-state index contributed by atoms with van der Waals surface area (Å²) in [6.07, 6.45) is -27.3. The molecular formula is C38H48O22. The van der Waals surface area contributed by atoms with Gasteiger partial charge in [0.2, 0.25) is 19.9 Å². The van der Waals surface area contributed by atoms with Crippen LogP contribution in [0.15, 0.2) is 30.3 Å². The van der Waals surface area contributed by atoms with Crippen LogP contribution in [0.3, 0.4) is 0 Å². The van der Waals surface area contributed by atoms with Crippen molar-refractivity contribution in [3.63, 3.8) is 0 Å². The summed E-state index contributed by atoms with van der Waals surface area (Å²) in [5, 5.41) is 106.